The summed E-state index contributed by atoms with van der Waals surface area (Å²) in [6.45, 7) is 2.66. The van der Waals surface area contributed by atoms with E-state index < -0.39 is 5.82 Å². The van der Waals surface area contributed by atoms with Gasteiger partial charge in [0.25, 0.3) is 0 Å². The number of nitrogens with two attached hydrogens (primary N) is 1. The average molecular weight is 274 g/mol. The highest BCUT2D eigenvalue weighted by molar-refractivity contribution is 6.30. The van der Waals surface area contributed by atoms with Gasteiger partial charge in [-0.2, -0.15) is 0 Å². The molecule has 0 heterocycles. The fourth-order valence-electron chi connectivity index (χ4n) is 1.95. The van der Waals surface area contributed by atoms with E-state index in [1.807, 2.05) is 6.92 Å². The van der Waals surface area contributed by atoms with Gasteiger partial charge in [-0.1, -0.05) is 24.6 Å². The fourth-order valence-corrected chi connectivity index (χ4v) is 2.12. The summed E-state index contributed by atoms with van der Waals surface area (Å²) in [5, 5.41) is 0.0575. The van der Waals surface area contributed by atoms with Gasteiger partial charge in [0.2, 0.25) is 0 Å². The lowest BCUT2D eigenvalue weighted by atomic mass is 9.86. The molecule has 0 saturated heterocycles. The first-order chi connectivity index (χ1) is 8.63. The molecule has 1 aromatic carbocycles. The molecule has 1 fully saturated rings. The van der Waals surface area contributed by atoms with Crippen molar-refractivity contribution in [3.63, 3.8) is 0 Å². The molecule has 3 atom stereocenters. The van der Waals surface area contributed by atoms with E-state index in [1.165, 1.54) is 6.07 Å². The van der Waals surface area contributed by atoms with Gasteiger partial charge in [-0.05, 0) is 18.6 Å². The number of hydrogen-bond acceptors (Lipinski definition) is 3. The van der Waals surface area contributed by atoms with Crippen LogP contribution in [0.3, 0.4) is 0 Å². The largest absolute Gasteiger partial charge is 0.484 e. The summed E-state index contributed by atoms with van der Waals surface area (Å²) < 4.78 is 24.8. The van der Waals surface area contributed by atoms with Crippen LogP contribution in [0.25, 0.3) is 0 Å². The lowest BCUT2D eigenvalue weighted by Gasteiger charge is -2.41. The van der Waals surface area contributed by atoms with Crippen LogP contribution < -0.4 is 10.5 Å². The molecule has 0 aromatic heterocycles. The van der Waals surface area contributed by atoms with E-state index in [-0.39, 0.29) is 29.0 Å². The summed E-state index contributed by atoms with van der Waals surface area (Å²) in [6, 6.07) is 4.66. The zero-order chi connectivity index (χ0) is 13.1. The van der Waals surface area contributed by atoms with Gasteiger partial charge in [0, 0.05) is 19.1 Å². The van der Waals surface area contributed by atoms with Crippen molar-refractivity contribution in [3.8, 4) is 5.75 Å². The van der Waals surface area contributed by atoms with Crippen LogP contribution in [0.4, 0.5) is 4.39 Å². The van der Waals surface area contributed by atoms with E-state index >= 15 is 0 Å². The Morgan fingerprint density at radius 1 is 1.50 bits per heavy atom. The molecular weight excluding hydrogens is 257 g/mol. The predicted octanol–water partition coefficient (Wildman–Crippen LogP) is 2.75. The Labute approximate surface area is 111 Å². The zero-order valence-electron chi connectivity index (χ0n) is 10.2. The van der Waals surface area contributed by atoms with Gasteiger partial charge in [0.1, 0.15) is 12.2 Å². The molecule has 18 heavy (non-hydrogen) atoms. The second-order valence-corrected chi connectivity index (χ2v) is 4.85. The molecule has 1 aliphatic rings. The maximum absolute atomic E-state index is 13.7. The first-order valence-electron chi connectivity index (χ1n) is 6.11. The number of halogens is 2. The topological polar surface area (TPSA) is 44.5 Å². The number of hydrogen-bond donors (Lipinski definition) is 1. The van der Waals surface area contributed by atoms with Crippen LogP contribution in [-0.4, -0.2) is 24.9 Å². The Kier molecular flexibility index (Phi) is 4.43. The summed E-state index contributed by atoms with van der Waals surface area (Å²) in [5.74, 6) is -0.377. The van der Waals surface area contributed by atoms with E-state index in [2.05, 4.69) is 0 Å². The second-order valence-electron chi connectivity index (χ2n) is 4.44. The van der Waals surface area contributed by atoms with Gasteiger partial charge in [0.15, 0.2) is 11.6 Å². The molecule has 3 unspecified atom stereocenters. The molecule has 0 bridgehead atoms. The third kappa shape index (κ3) is 2.76. The highest BCUT2D eigenvalue weighted by Crippen LogP contribution is 2.31. The highest BCUT2D eigenvalue weighted by atomic mass is 35.5. The van der Waals surface area contributed by atoms with Gasteiger partial charge in [0.05, 0.1) is 5.02 Å². The van der Waals surface area contributed by atoms with Crippen molar-refractivity contribution in [2.24, 2.45) is 5.73 Å². The predicted molar refractivity (Wildman–Crippen MR) is 68.4 cm³/mol. The normalized spacial score (nSPS) is 26.8. The Hall–Kier alpha value is -0.840. The minimum atomic E-state index is -0.533. The molecule has 5 heteroatoms. The molecule has 0 spiro atoms. The summed E-state index contributed by atoms with van der Waals surface area (Å²) in [7, 11) is 0. The third-order valence-electron chi connectivity index (χ3n) is 3.00. The smallest absolute Gasteiger partial charge is 0.183 e. The van der Waals surface area contributed by atoms with Crippen molar-refractivity contribution >= 4 is 11.6 Å². The first-order valence-corrected chi connectivity index (χ1v) is 6.49. The molecule has 2 N–H and O–H groups in total. The lowest BCUT2D eigenvalue weighted by molar-refractivity contribution is -0.0989. The molecule has 2 rings (SSSR count). The molecule has 0 aliphatic heterocycles. The summed E-state index contributed by atoms with van der Waals surface area (Å²) in [5.41, 5.74) is 5.85. The van der Waals surface area contributed by atoms with E-state index in [9.17, 15) is 4.39 Å². The highest BCUT2D eigenvalue weighted by Gasteiger charge is 2.41. The third-order valence-corrected chi connectivity index (χ3v) is 3.29. The molecule has 0 radical (unpaired) electrons. The van der Waals surface area contributed by atoms with Crippen LogP contribution >= 0.6 is 11.6 Å². The summed E-state index contributed by atoms with van der Waals surface area (Å²) >= 11 is 5.70. The van der Waals surface area contributed by atoms with Crippen LogP contribution in [0.5, 0.6) is 5.75 Å². The van der Waals surface area contributed by atoms with Crippen molar-refractivity contribution < 1.29 is 13.9 Å². The lowest BCUT2D eigenvalue weighted by Crippen LogP contribution is -2.59. The molecular formula is C13H17ClFNO2. The molecule has 0 amide bonds. The Morgan fingerprint density at radius 3 is 2.94 bits per heavy atom. The van der Waals surface area contributed by atoms with Crippen molar-refractivity contribution in [3.05, 3.63) is 29.0 Å². The van der Waals surface area contributed by atoms with E-state index in [0.29, 0.717) is 13.0 Å². The fraction of sp³-hybridized carbons (Fsp3) is 0.538. The second kappa shape index (κ2) is 5.87. The molecule has 1 aromatic rings. The maximum atomic E-state index is 13.7. The van der Waals surface area contributed by atoms with Crippen LogP contribution in [0.1, 0.15) is 19.8 Å². The SMILES string of the molecule is CCCOC1C(N)CC1Oc1cccc(Cl)c1F. The van der Waals surface area contributed by atoms with Gasteiger partial charge in [-0.15, -0.1) is 0 Å². The van der Waals surface area contributed by atoms with Crippen molar-refractivity contribution in [2.75, 3.05) is 6.61 Å². The minimum Gasteiger partial charge on any atom is -0.484 e. The van der Waals surface area contributed by atoms with Crippen molar-refractivity contribution in [2.45, 2.75) is 38.0 Å². The van der Waals surface area contributed by atoms with E-state index in [4.69, 9.17) is 26.8 Å². The van der Waals surface area contributed by atoms with Crippen molar-refractivity contribution in [1.29, 1.82) is 0 Å². The number of benzene rings is 1. The molecule has 3 nitrogen and oxygen atoms in total. The standard InChI is InChI=1S/C13H17ClFNO2/c1-2-6-17-13-9(16)7-11(13)18-10-5-3-4-8(14)12(10)15/h3-5,9,11,13H,2,6-7,16H2,1H3. The summed E-state index contributed by atoms with van der Waals surface area (Å²) in [4.78, 5) is 0. The monoisotopic (exact) mass is 273 g/mol. The van der Waals surface area contributed by atoms with Crippen LogP contribution in [-0.2, 0) is 4.74 Å². The maximum Gasteiger partial charge on any atom is 0.183 e. The van der Waals surface area contributed by atoms with Crippen LogP contribution in [0.2, 0.25) is 5.02 Å². The number of rotatable bonds is 5. The Bertz CT molecular complexity index is 416. The van der Waals surface area contributed by atoms with Crippen LogP contribution in [0.15, 0.2) is 18.2 Å². The van der Waals surface area contributed by atoms with E-state index in [1.54, 1.807) is 12.1 Å². The molecule has 100 valence electrons. The van der Waals surface area contributed by atoms with E-state index in [0.717, 1.165) is 6.42 Å². The summed E-state index contributed by atoms with van der Waals surface area (Å²) in [6.07, 6.45) is 1.23. The zero-order valence-corrected chi connectivity index (χ0v) is 11.0. The van der Waals surface area contributed by atoms with Crippen molar-refractivity contribution in [1.82, 2.24) is 0 Å². The Morgan fingerprint density at radius 2 is 2.28 bits per heavy atom. The van der Waals surface area contributed by atoms with Gasteiger partial charge >= 0.3 is 0 Å². The average Bonchev–Trinajstić information content (AvgIpc) is 2.34. The molecule has 1 aliphatic carbocycles. The van der Waals surface area contributed by atoms with Gasteiger partial charge in [-0.3, -0.25) is 0 Å². The van der Waals surface area contributed by atoms with Gasteiger partial charge < -0.3 is 15.2 Å². The number of ether oxygens (including phenoxy) is 2. The van der Waals surface area contributed by atoms with Crippen LogP contribution in [0, 0.1) is 5.82 Å². The minimum absolute atomic E-state index is 0.0382. The Balaban J connectivity index is 1.99. The van der Waals surface area contributed by atoms with Gasteiger partial charge in [-0.25, -0.2) is 4.39 Å². The quantitative estimate of drug-likeness (QED) is 0.897. The molecule has 1 saturated carbocycles. The first kappa shape index (κ1) is 13.6.